The summed E-state index contributed by atoms with van der Waals surface area (Å²) in [4.78, 5) is 17.0. The molecule has 0 saturated heterocycles. The van der Waals surface area contributed by atoms with E-state index in [9.17, 15) is 4.79 Å². The molecule has 4 nitrogen and oxygen atoms in total. The molecule has 5 heteroatoms. The van der Waals surface area contributed by atoms with E-state index in [-0.39, 0.29) is 5.91 Å². The Balaban J connectivity index is 2.82. The largest absolute Gasteiger partial charge is 0.481 e. The fraction of sp³-hybridized carbons (Fsp3) is 0.400. The van der Waals surface area contributed by atoms with Crippen LogP contribution in [0.15, 0.2) is 18.3 Å². The number of hydrogen-bond donors (Lipinski definition) is 0. The fourth-order valence-electron chi connectivity index (χ4n) is 1.03. The van der Waals surface area contributed by atoms with Crippen molar-refractivity contribution < 1.29 is 9.53 Å². The molecule has 0 aliphatic rings. The van der Waals surface area contributed by atoms with Crippen LogP contribution in [-0.4, -0.2) is 37.0 Å². The Morgan fingerprint density at radius 1 is 1.53 bits per heavy atom. The highest BCUT2D eigenvalue weighted by molar-refractivity contribution is 6.30. The van der Waals surface area contributed by atoms with Crippen LogP contribution in [0.3, 0.4) is 0 Å². The zero-order chi connectivity index (χ0) is 11.4. The third-order valence-electron chi connectivity index (χ3n) is 1.92. The molecule has 1 rings (SSSR count). The smallest absolute Gasteiger partial charge is 0.244 e. The number of carbonyl (C=O) groups excluding carboxylic acids is 1. The van der Waals surface area contributed by atoms with E-state index in [4.69, 9.17) is 16.3 Å². The lowest BCUT2D eigenvalue weighted by Gasteiger charge is -2.15. The second kappa shape index (κ2) is 4.98. The molecule has 1 heterocycles. The third-order valence-corrected chi connectivity index (χ3v) is 2.36. The van der Waals surface area contributed by atoms with Gasteiger partial charge in [0.15, 0.2) is 0 Å². The Labute approximate surface area is 93.8 Å². The minimum atomic E-state index is -0.696. The molecule has 1 atom stereocenters. The molecule has 1 amide bonds. The molecule has 0 aliphatic carbocycles. The number of methoxy groups -OCH3 is 1. The maximum atomic E-state index is 11.5. The summed E-state index contributed by atoms with van der Waals surface area (Å²) in [6, 6.07) is 3.40. The molecule has 82 valence electrons. The van der Waals surface area contributed by atoms with Crippen molar-refractivity contribution in [3.8, 4) is 5.88 Å². The first-order valence-corrected chi connectivity index (χ1v) is 4.85. The molecule has 1 aromatic rings. The van der Waals surface area contributed by atoms with Crippen molar-refractivity contribution in [2.24, 2.45) is 0 Å². The molecule has 0 saturated carbocycles. The van der Waals surface area contributed by atoms with Gasteiger partial charge in [-0.05, 0) is 5.56 Å². The Hall–Kier alpha value is -1.29. The summed E-state index contributed by atoms with van der Waals surface area (Å²) in [6.07, 6.45) is 1.54. The van der Waals surface area contributed by atoms with Crippen molar-refractivity contribution in [2.75, 3.05) is 21.2 Å². The normalized spacial score (nSPS) is 12.0. The van der Waals surface area contributed by atoms with Crippen LogP contribution in [0.2, 0.25) is 0 Å². The van der Waals surface area contributed by atoms with Gasteiger partial charge in [-0.3, -0.25) is 4.79 Å². The number of pyridine rings is 1. The van der Waals surface area contributed by atoms with Crippen LogP contribution >= 0.6 is 11.6 Å². The van der Waals surface area contributed by atoms with Crippen molar-refractivity contribution in [2.45, 2.75) is 5.38 Å². The molecule has 0 aliphatic heterocycles. The topological polar surface area (TPSA) is 42.4 Å². The Morgan fingerprint density at radius 2 is 2.20 bits per heavy atom. The zero-order valence-electron chi connectivity index (χ0n) is 8.90. The van der Waals surface area contributed by atoms with Gasteiger partial charge < -0.3 is 9.64 Å². The van der Waals surface area contributed by atoms with Gasteiger partial charge in [0.2, 0.25) is 11.8 Å². The first-order valence-electron chi connectivity index (χ1n) is 4.41. The van der Waals surface area contributed by atoms with E-state index in [2.05, 4.69) is 4.98 Å². The molecule has 0 N–H and O–H groups in total. The van der Waals surface area contributed by atoms with Crippen molar-refractivity contribution >= 4 is 17.5 Å². The number of likely N-dealkylation sites (N-methyl/N-ethyl adjacent to an activating group) is 1. The van der Waals surface area contributed by atoms with Crippen molar-refractivity contribution in [3.63, 3.8) is 0 Å². The van der Waals surface area contributed by atoms with E-state index in [1.54, 1.807) is 26.2 Å². The number of rotatable bonds is 3. The summed E-state index contributed by atoms with van der Waals surface area (Å²) < 4.78 is 4.91. The minimum Gasteiger partial charge on any atom is -0.481 e. The van der Waals surface area contributed by atoms with Gasteiger partial charge in [0.1, 0.15) is 5.38 Å². The van der Waals surface area contributed by atoms with E-state index in [0.717, 1.165) is 0 Å². The molecule has 15 heavy (non-hydrogen) atoms. The van der Waals surface area contributed by atoms with Gasteiger partial charge in [0.25, 0.3) is 0 Å². The van der Waals surface area contributed by atoms with Gasteiger partial charge in [0, 0.05) is 26.4 Å². The van der Waals surface area contributed by atoms with E-state index in [1.807, 2.05) is 0 Å². The van der Waals surface area contributed by atoms with Gasteiger partial charge in [-0.15, -0.1) is 11.6 Å². The van der Waals surface area contributed by atoms with Gasteiger partial charge in [-0.1, -0.05) is 6.07 Å². The van der Waals surface area contributed by atoms with Crippen LogP contribution in [0.1, 0.15) is 10.9 Å². The lowest BCUT2D eigenvalue weighted by Crippen LogP contribution is -2.25. The van der Waals surface area contributed by atoms with Gasteiger partial charge in [0.05, 0.1) is 7.11 Å². The predicted molar refractivity (Wildman–Crippen MR) is 58.1 cm³/mol. The summed E-state index contributed by atoms with van der Waals surface area (Å²) in [6.45, 7) is 0. The SMILES string of the molecule is COc1ccc(C(Cl)C(=O)N(C)C)cn1. The summed E-state index contributed by atoms with van der Waals surface area (Å²) in [7, 11) is 4.86. The van der Waals surface area contributed by atoms with Crippen LogP contribution in [0.25, 0.3) is 0 Å². The van der Waals surface area contributed by atoms with E-state index in [0.29, 0.717) is 11.4 Å². The maximum absolute atomic E-state index is 11.5. The van der Waals surface area contributed by atoms with Crippen molar-refractivity contribution in [1.29, 1.82) is 0 Å². The third kappa shape index (κ3) is 2.83. The number of alkyl halides is 1. The summed E-state index contributed by atoms with van der Waals surface area (Å²) in [5, 5.41) is -0.696. The highest BCUT2D eigenvalue weighted by Crippen LogP contribution is 2.22. The molecule has 1 aromatic heterocycles. The van der Waals surface area contributed by atoms with Crippen LogP contribution in [-0.2, 0) is 4.79 Å². The molecule has 0 aromatic carbocycles. The van der Waals surface area contributed by atoms with Gasteiger partial charge >= 0.3 is 0 Å². The number of nitrogens with zero attached hydrogens (tertiary/aromatic N) is 2. The average molecular weight is 229 g/mol. The van der Waals surface area contributed by atoms with Crippen LogP contribution in [0, 0.1) is 0 Å². The maximum Gasteiger partial charge on any atom is 0.244 e. The Morgan fingerprint density at radius 3 is 2.60 bits per heavy atom. The summed E-state index contributed by atoms with van der Waals surface area (Å²) in [5.41, 5.74) is 0.663. The van der Waals surface area contributed by atoms with Crippen molar-refractivity contribution in [1.82, 2.24) is 9.88 Å². The number of hydrogen-bond acceptors (Lipinski definition) is 3. The van der Waals surface area contributed by atoms with Gasteiger partial charge in [-0.25, -0.2) is 4.98 Å². The molecule has 0 spiro atoms. The van der Waals surface area contributed by atoms with E-state index >= 15 is 0 Å². The second-order valence-electron chi connectivity index (χ2n) is 3.23. The fourth-order valence-corrected chi connectivity index (χ4v) is 1.36. The second-order valence-corrected chi connectivity index (χ2v) is 3.67. The Kier molecular flexibility index (Phi) is 3.91. The van der Waals surface area contributed by atoms with Gasteiger partial charge in [-0.2, -0.15) is 0 Å². The molecule has 0 fully saturated rings. The zero-order valence-corrected chi connectivity index (χ0v) is 9.65. The quantitative estimate of drug-likeness (QED) is 0.736. The van der Waals surface area contributed by atoms with Crippen molar-refractivity contribution in [3.05, 3.63) is 23.9 Å². The van der Waals surface area contributed by atoms with Crippen LogP contribution < -0.4 is 4.74 Å². The predicted octanol–water partition coefficient (Wildman–Crippen LogP) is 1.46. The molecular formula is C10H13ClN2O2. The number of amides is 1. The number of ether oxygens (including phenoxy) is 1. The average Bonchev–Trinajstić information content (AvgIpc) is 2.27. The highest BCUT2D eigenvalue weighted by atomic mass is 35.5. The standard InChI is InChI=1S/C10H13ClN2O2/c1-13(2)10(14)9(11)7-4-5-8(15-3)12-6-7/h4-6,9H,1-3H3. The summed E-state index contributed by atoms with van der Waals surface area (Å²) >= 11 is 5.98. The lowest BCUT2D eigenvalue weighted by molar-refractivity contribution is -0.128. The van der Waals surface area contributed by atoms with E-state index < -0.39 is 5.38 Å². The number of carbonyl (C=O) groups is 1. The first-order chi connectivity index (χ1) is 7.06. The molecule has 0 bridgehead atoms. The minimum absolute atomic E-state index is 0.163. The monoisotopic (exact) mass is 228 g/mol. The number of aromatic nitrogens is 1. The summed E-state index contributed by atoms with van der Waals surface area (Å²) in [5.74, 6) is 0.337. The molecule has 0 radical (unpaired) electrons. The first kappa shape index (κ1) is 11.8. The van der Waals surface area contributed by atoms with Crippen LogP contribution in [0.4, 0.5) is 0 Å². The molecular weight excluding hydrogens is 216 g/mol. The highest BCUT2D eigenvalue weighted by Gasteiger charge is 2.19. The number of halogens is 1. The Bertz CT molecular complexity index is 338. The lowest BCUT2D eigenvalue weighted by atomic mass is 10.2. The molecule has 1 unspecified atom stereocenters. The van der Waals surface area contributed by atoms with Crippen LogP contribution in [0.5, 0.6) is 5.88 Å². The van der Waals surface area contributed by atoms with E-state index in [1.165, 1.54) is 18.2 Å².